The van der Waals surface area contributed by atoms with Crippen molar-refractivity contribution in [2.75, 3.05) is 0 Å². The van der Waals surface area contributed by atoms with Crippen molar-refractivity contribution < 1.29 is 18.4 Å². The van der Waals surface area contributed by atoms with E-state index in [1.165, 1.54) is 0 Å². The summed E-state index contributed by atoms with van der Waals surface area (Å²) in [6.45, 7) is 3.15. The van der Waals surface area contributed by atoms with E-state index in [-0.39, 0.29) is 28.1 Å². The lowest BCUT2D eigenvalue weighted by molar-refractivity contribution is -0.116. The maximum atomic E-state index is 15.2. The van der Waals surface area contributed by atoms with Crippen molar-refractivity contribution >= 4 is 22.7 Å². The Hall–Kier alpha value is -3.39. The molecule has 1 aliphatic rings. The van der Waals surface area contributed by atoms with Gasteiger partial charge in [-0.3, -0.25) is 9.59 Å². The Labute approximate surface area is 166 Å². The fraction of sp³-hybridized carbons (Fsp3) is 0.381. The van der Waals surface area contributed by atoms with E-state index in [2.05, 4.69) is 22.1 Å². The van der Waals surface area contributed by atoms with E-state index in [1.54, 1.807) is 13.8 Å². The number of benzene rings is 1. The lowest BCUT2D eigenvalue weighted by atomic mass is 9.79. The molecule has 2 aromatic rings. The minimum atomic E-state index is -1.33. The van der Waals surface area contributed by atoms with Gasteiger partial charge in [0, 0.05) is 22.7 Å². The number of nitrogens with one attached hydrogen (secondary N) is 2. The number of nitriles is 1. The van der Waals surface area contributed by atoms with Crippen LogP contribution in [0.5, 0.6) is 0 Å². The van der Waals surface area contributed by atoms with Crippen LogP contribution in [0.3, 0.4) is 0 Å². The predicted molar refractivity (Wildman–Crippen MR) is 103 cm³/mol. The van der Waals surface area contributed by atoms with Gasteiger partial charge in [-0.05, 0) is 44.9 Å². The highest BCUT2D eigenvalue weighted by atomic mass is 19.2. The van der Waals surface area contributed by atoms with Gasteiger partial charge in [-0.15, -0.1) is 0 Å². The molecule has 1 saturated carbocycles. The minimum absolute atomic E-state index is 0.0310. The normalized spacial score (nSPS) is 18.6. The Morgan fingerprint density at radius 2 is 2.00 bits per heavy atom. The van der Waals surface area contributed by atoms with Crippen molar-refractivity contribution in [1.82, 2.24) is 10.3 Å². The van der Waals surface area contributed by atoms with Crippen molar-refractivity contribution in [3.05, 3.63) is 34.0 Å². The number of fused-ring (bicyclic) bond motifs is 1. The van der Waals surface area contributed by atoms with Crippen LogP contribution in [0, 0.1) is 41.7 Å². The number of aromatic nitrogens is 1. The molecule has 3 rings (SSSR count). The van der Waals surface area contributed by atoms with Gasteiger partial charge in [0.25, 0.3) is 11.8 Å². The first-order valence-electron chi connectivity index (χ1n) is 9.26. The lowest BCUT2D eigenvalue weighted by Crippen LogP contribution is -2.37. The molecule has 6 nitrogen and oxygen atoms in total. The van der Waals surface area contributed by atoms with Crippen molar-refractivity contribution in [3.8, 4) is 17.9 Å². The molecule has 2 amide bonds. The van der Waals surface area contributed by atoms with Gasteiger partial charge in [-0.1, -0.05) is 12.3 Å². The van der Waals surface area contributed by atoms with Gasteiger partial charge in [-0.2, -0.15) is 5.26 Å². The van der Waals surface area contributed by atoms with Crippen LogP contribution < -0.4 is 11.1 Å². The topological polar surface area (TPSA) is 112 Å². The van der Waals surface area contributed by atoms with E-state index >= 15 is 4.39 Å². The van der Waals surface area contributed by atoms with E-state index in [1.807, 2.05) is 6.07 Å². The van der Waals surface area contributed by atoms with Crippen molar-refractivity contribution in [1.29, 1.82) is 5.26 Å². The minimum Gasteiger partial charge on any atom is -0.365 e. The third kappa shape index (κ3) is 3.54. The van der Waals surface area contributed by atoms with Gasteiger partial charge in [0.05, 0.1) is 11.1 Å². The number of nitrogens with two attached hydrogens (primary N) is 1. The zero-order valence-electron chi connectivity index (χ0n) is 16.1. The second kappa shape index (κ2) is 7.92. The molecule has 1 aromatic carbocycles. The maximum Gasteiger partial charge on any atom is 0.296 e. The van der Waals surface area contributed by atoms with Gasteiger partial charge >= 0.3 is 0 Å². The molecule has 1 aromatic heterocycles. The number of aromatic amines is 1. The van der Waals surface area contributed by atoms with E-state index in [0.29, 0.717) is 31.4 Å². The highest BCUT2D eigenvalue weighted by molar-refractivity contribution is 6.08. The third-order valence-corrected chi connectivity index (χ3v) is 5.37. The molecule has 2 atom stereocenters. The first-order chi connectivity index (χ1) is 13.8. The molecule has 1 aliphatic carbocycles. The number of hydrogen-bond donors (Lipinski definition) is 3. The molecule has 0 unspecified atom stereocenters. The number of rotatable bonds is 3. The standard InChI is InChI=1S/C21H20F2N4O2/c1-3-5-14(28)27-12-7-4-6-11(8-12)15-16-13(9-24)10(2)26-20(16)17(21(25)29)19(23)18(15)22/h11-12,26H,4,6-8H2,1-2H3,(H2,25,29)(H,27,28)/t11-,12-/m1/s1. The number of nitrogens with zero attached hydrogens (tertiary/aromatic N) is 1. The monoisotopic (exact) mass is 398 g/mol. The average Bonchev–Trinajstić information content (AvgIpc) is 2.97. The number of hydrogen-bond acceptors (Lipinski definition) is 3. The molecule has 0 bridgehead atoms. The fourth-order valence-electron chi connectivity index (χ4n) is 4.20. The highest BCUT2D eigenvalue weighted by Gasteiger charge is 2.33. The quantitative estimate of drug-likeness (QED) is 0.691. The first-order valence-corrected chi connectivity index (χ1v) is 9.26. The van der Waals surface area contributed by atoms with Gasteiger partial charge < -0.3 is 16.0 Å². The summed E-state index contributed by atoms with van der Waals surface area (Å²) in [5.41, 5.74) is 5.31. The molecule has 0 spiro atoms. The molecule has 8 heteroatoms. The van der Waals surface area contributed by atoms with Crippen LogP contribution in [-0.4, -0.2) is 22.8 Å². The highest BCUT2D eigenvalue weighted by Crippen LogP contribution is 2.42. The predicted octanol–water partition coefficient (Wildman–Crippen LogP) is 2.89. The Morgan fingerprint density at radius 3 is 2.62 bits per heavy atom. The van der Waals surface area contributed by atoms with Gasteiger partial charge in [-0.25, -0.2) is 8.78 Å². The van der Waals surface area contributed by atoms with Crippen LogP contribution in [0.25, 0.3) is 10.9 Å². The van der Waals surface area contributed by atoms with E-state index in [9.17, 15) is 19.2 Å². The summed E-state index contributed by atoms with van der Waals surface area (Å²) in [7, 11) is 0. The number of carbonyl (C=O) groups excluding carboxylic acids is 2. The van der Waals surface area contributed by atoms with Crippen LogP contribution in [0.15, 0.2) is 0 Å². The number of carbonyl (C=O) groups is 2. The molecule has 0 radical (unpaired) electrons. The van der Waals surface area contributed by atoms with E-state index in [4.69, 9.17) is 5.73 Å². The Balaban J connectivity index is 2.16. The van der Waals surface area contributed by atoms with Crippen molar-refractivity contribution in [3.63, 3.8) is 0 Å². The molecule has 29 heavy (non-hydrogen) atoms. The second-order valence-electron chi connectivity index (χ2n) is 7.18. The van der Waals surface area contributed by atoms with Gasteiger partial charge in [0.1, 0.15) is 11.6 Å². The summed E-state index contributed by atoms with van der Waals surface area (Å²) in [4.78, 5) is 26.4. The molecular formula is C21H20F2N4O2. The number of aryl methyl sites for hydroxylation is 1. The number of halogens is 2. The van der Waals surface area contributed by atoms with Crippen molar-refractivity contribution in [2.45, 2.75) is 51.5 Å². The van der Waals surface area contributed by atoms with Crippen LogP contribution in [0.2, 0.25) is 0 Å². The molecule has 0 saturated heterocycles. The zero-order chi connectivity index (χ0) is 21.3. The Kier molecular flexibility index (Phi) is 5.56. The first kappa shape index (κ1) is 20.3. The average molecular weight is 398 g/mol. The Bertz CT molecular complexity index is 1120. The summed E-state index contributed by atoms with van der Waals surface area (Å²) >= 11 is 0. The summed E-state index contributed by atoms with van der Waals surface area (Å²) in [6, 6.07) is 1.76. The Morgan fingerprint density at radius 1 is 1.28 bits per heavy atom. The summed E-state index contributed by atoms with van der Waals surface area (Å²) in [5, 5.41) is 12.5. The SMILES string of the molecule is CC#CC(=O)N[C@@H]1CCC[C@@H](c2c(F)c(F)c(C(N)=O)c3[nH]c(C)c(C#N)c23)C1. The fourth-order valence-corrected chi connectivity index (χ4v) is 4.20. The van der Waals surface area contributed by atoms with Gasteiger partial charge in [0.15, 0.2) is 11.6 Å². The summed E-state index contributed by atoms with van der Waals surface area (Å²) < 4.78 is 29.9. The number of H-pyrrole nitrogens is 1. The number of primary amides is 1. The maximum absolute atomic E-state index is 15.2. The third-order valence-electron chi connectivity index (χ3n) is 5.37. The van der Waals surface area contributed by atoms with E-state index in [0.717, 1.165) is 0 Å². The summed E-state index contributed by atoms with van der Waals surface area (Å²) in [5.74, 6) is 0.449. The molecule has 1 fully saturated rings. The number of amides is 2. The molecule has 4 N–H and O–H groups in total. The van der Waals surface area contributed by atoms with Crippen molar-refractivity contribution in [2.24, 2.45) is 5.73 Å². The summed E-state index contributed by atoms with van der Waals surface area (Å²) in [6.07, 6.45) is 2.30. The molecular weight excluding hydrogens is 378 g/mol. The molecule has 0 aliphatic heterocycles. The zero-order valence-corrected chi connectivity index (χ0v) is 16.1. The lowest BCUT2D eigenvalue weighted by Gasteiger charge is -2.30. The smallest absolute Gasteiger partial charge is 0.296 e. The van der Waals surface area contributed by atoms with Crippen LogP contribution in [0.1, 0.15) is 65.7 Å². The molecule has 150 valence electrons. The largest absolute Gasteiger partial charge is 0.365 e. The van der Waals surface area contributed by atoms with Crippen LogP contribution in [-0.2, 0) is 4.79 Å². The van der Waals surface area contributed by atoms with E-state index < -0.39 is 34.9 Å². The van der Waals surface area contributed by atoms with Crippen LogP contribution >= 0.6 is 0 Å². The van der Waals surface area contributed by atoms with Crippen LogP contribution in [0.4, 0.5) is 8.78 Å². The second-order valence-corrected chi connectivity index (χ2v) is 7.18. The molecule has 1 heterocycles. The van der Waals surface area contributed by atoms with Gasteiger partial charge in [0.2, 0.25) is 0 Å².